The highest BCUT2D eigenvalue weighted by atomic mass is 16.3. The minimum atomic E-state index is -0.239. The van der Waals surface area contributed by atoms with Gasteiger partial charge in [-0.3, -0.25) is 4.98 Å². The van der Waals surface area contributed by atoms with E-state index in [1.54, 1.807) is 12.4 Å². The van der Waals surface area contributed by atoms with E-state index in [0.717, 1.165) is 27.9 Å². The van der Waals surface area contributed by atoms with E-state index in [9.17, 15) is 5.11 Å². The molecule has 0 aliphatic heterocycles. The number of hydrogen-bond acceptors (Lipinski definition) is 4. The number of pyridine rings is 2. The molecule has 0 bridgehead atoms. The van der Waals surface area contributed by atoms with Gasteiger partial charge in [-0.1, -0.05) is 48.5 Å². The Morgan fingerprint density at radius 2 is 1.73 bits per heavy atom. The topological polar surface area (TPSA) is 58.0 Å². The first-order valence-electron chi connectivity index (χ1n) is 8.53. The minimum absolute atomic E-state index is 0.192. The molecule has 26 heavy (non-hydrogen) atoms. The van der Waals surface area contributed by atoms with Crippen molar-refractivity contribution in [2.75, 3.05) is 5.32 Å². The van der Waals surface area contributed by atoms with Gasteiger partial charge in [0.2, 0.25) is 0 Å². The van der Waals surface area contributed by atoms with Crippen LogP contribution in [0.2, 0.25) is 0 Å². The van der Waals surface area contributed by atoms with Gasteiger partial charge in [-0.25, -0.2) is 4.98 Å². The van der Waals surface area contributed by atoms with Gasteiger partial charge in [0.15, 0.2) is 0 Å². The van der Waals surface area contributed by atoms with Gasteiger partial charge in [-0.2, -0.15) is 0 Å². The summed E-state index contributed by atoms with van der Waals surface area (Å²) in [4.78, 5) is 8.76. The average molecular weight is 341 g/mol. The fraction of sp³-hybridized carbons (Fsp3) is 0.0909. The largest absolute Gasteiger partial charge is 0.505 e. The van der Waals surface area contributed by atoms with E-state index >= 15 is 0 Å². The van der Waals surface area contributed by atoms with Crippen LogP contribution in [0.4, 0.5) is 5.82 Å². The maximum Gasteiger partial charge on any atom is 0.147 e. The number of hydrogen-bond donors (Lipinski definition) is 2. The van der Waals surface area contributed by atoms with Gasteiger partial charge in [-0.05, 0) is 36.2 Å². The fourth-order valence-corrected chi connectivity index (χ4v) is 3.13. The van der Waals surface area contributed by atoms with Crippen LogP contribution in [0.1, 0.15) is 22.7 Å². The SMILES string of the molecule is Cc1ccnc(N[C@H](c2ccccc2)c2ccc3cccnc3c2O)c1. The summed E-state index contributed by atoms with van der Waals surface area (Å²) in [7, 11) is 0. The number of benzene rings is 2. The number of aromatic nitrogens is 2. The molecule has 0 spiro atoms. The lowest BCUT2D eigenvalue weighted by atomic mass is 9.96. The standard InChI is InChI=1S/C22H19N3O/c1-15-11-13-23-19(14-15)25-20(16-6-3-2-4-7-16)18-10-9-17-8-5-12-24-21(17)22(18)26/h2-14,20,26H,1H3,(H,23,25)/t20-/m1/s1. The van der Waals surface area contributed by atoms with E-state index in [0.29, 0.717) is 5.52 Å². The highest BCUT2D eigenvalue weighted by Gasteiger charge is 2.20. The van der Waals surface area contributed by atoms with Crippen molar-refractivity contribution in [1.29, 1.82) is 0 Å². The quantitative estimate of drug-likeness (QED) is 0.557. The van der Waals surface area contributed by atoms with E-state index in [1.807, 2.05) is 73.7 Å². The maximum absolute atomic E-state index is 10.9. The zero-order chi connectivity index (χ0) is 17.9. The van der Waals surface area contributed by atoms with Crippen molar-refractivity contribution in [3.05, 3.63) is 95.8 Å². The van der Waals surface area contributed by atoms with Crippen LogP contribution in [0.25, 0.3) is 10.9 Å². The molecule has 0 fully saturated rings. The lowest BCUT2D eigenvalue weighted by molar-refractivity contribution is 0.471. The van der Waals surface area contributed by atoms with Crippen molar-refractivity contribution in [2.24, 2.45) is 0 Å². The van der Waals surface area contributed by atoms with Crippen molar-refractivity contribution in [1.82, 2.24) is 9.97 Å². The number of phenols is 1. The molecule has 2 aromatic carbocycles. The van der Waals surface area contributed by atoms with E-state index < -0.39 is 0 Å². The Labute approximate surface area is 152 Å². The van der Waals surface area contributed by atoms with Crippen molar-refractivity contribution in [3.8, 4) is 5.75 Å². The summed E-state index contributed by atoms with van der Waals surface area (Å²) in [5.74, 6) is 0.955. The third-order valence-electron chi connectivity index (χ3n) is 4.43. The predicted octanol–water partition coefficient (Wildman–Crippen LogP) is 4.85. The molecule has 2 aromatic heterocycles. The summed E-state index contributed by atoms with van der Waals surface area (Å²) >= 11 is 0. The molecule has 2 N–H and O–H groups in total. The number of anilines is 1. The first kappa shape index (κ1) is 16.1. The Balaban J connectivity index is 1.84. The summed E-state index contributed by atoms with van der Waals surface area (Å²) in [5.41, 5.74) is 3.54. The van der Waals surface area contributed by atoms with Crippen LogP contribution in [-0.2, 0) is 0 Å². The first-order valence-corrected chi connectivity index (χ1v) is 8.53. The molecule has 4 rings (SSSR count). The molecule has 2 heterocycles. The van der Waals surface area contributed by atoms with Gasteiger partial charge in [0.05, 0.1) is 6.04 Å². The molecule has 0 radical (unpaired) electrons. The molecule has 4 nitrogen and oxygen atoms in total. The summed E-state index contributed by atoms with van der Waals surface area (Å²) < 4.78 is 0. The van der Waals surface area contributed by atoms with Gasteiger partial charge in [0, 0.05) is 23.3 Å². The van der Waals surface area contributed by atoms with Crippen molar-refractivity contribution < 1.29 is 5.11 Å². The molecule has 0 saturated heterocycles. The molecule has 1 atom stereocenters. The van der Waals surface area contributed by atoms with Gasteiger partial charge in [0.1, 0.15) is 17.1 Å². The monoisotopic (exact) mass is 341 g/mol. The van der Waals surface area contributed by atoms with E-state index in [2.05, 4.69) is 15.3 Å². The molecular weight excluding hydrogens is 322 g/mol. The van der Waals surface area contributed by atoms with Crippen LogP contribution in [-0.4, -0.2) is 15.1 Å². The van der Waals surface area contributed by atoms with Crippen LogP contribution in [0.5, 0.6) is 5.75 Å². The number of aromatic hydroxyl groups is 1. The van der Waals surface area contributed by atoms with Crippen LogP contribution in [0, 0.1) is 6.92 Å². The third kappa shape index (κ3) is 3.09. The molecule has 128 valence electrons. The zero-order valence-electron chi connectivity index (χ0n) is 14.4. The average Bonchev–Trinajstić information content (AvgIpc) is 2.68. The second-order valence-electron chi connectivity index (χ2n) is 6.28. The molecule has 0 aliphatic carbocycles. The van der Waals surface area contributed by atoms with Gasteiger partial charge in [-0.15, -0.1) is 0 Å². The van der Waals surface area contributed by atoms with Crippen LogP contribution in [0.15, 0.2) is 79.1 Å². The summed E-state index contributed by atoms with van der Waals surface area (Å²) in [6, 6.07) is 21.5. The number of nitrogens with one attached hydrogen (secondary N) is 1. The summed E-state index contributed by atoms with van der Waals surface area (Å²) in [5, 5.41) is 15.3. The highest BCUT2D eigenvalue weighted by molar-refractivity contribution is 5.86. The van der Waals surface area contributed by atoms with Crippen molar-refractivity contribution in [3.63, 3.8) is 0 Å². The normalized spacial score (nSPS) is 12.0. The first-order chi connectivity index (χ1) is 12.7. The molecule has 0 aliphatic rings. The molecule has 0 saturated carbocycles. The second kappa shape index (κ2) is 6.84. The van der Waals surface area contributed by atoms with Crippen LogP contribution >= 0.6 is 0 Å². The predicted molar refractivity (Wildman–Crippen MR) is 104 cm³/mol. The van der Waals surface area contributed by atoms with Crippen molar-refractivity contribution >= 4 is 16.7 Å². The highest BCUT2D eigenvalue weighted by Crippen LogP contribution is 2.36. The van der Waals surface area contributed by atoms with Crippen LogP contribution in [0.3, 0.4) is 0 Å². The molecular formula is C22H19N3O. The second-order valence-corrected chi connectivity index (χ2v) is 6.28. The summed E-state index contributed by atoms with van der Waals surface area (Å²) in [6.07, 6.45) is 3.47. The smallest absolute Gasteiger partial charge is 0.147 e. The Bertz CT molecular complexity index is 1050. The molecule has 0 amide bonds. The molecule has 0 unspecified atom stereocenters. The number of rotatable bonds is 4. The fourth-order valence-electron chi connectivity index (χ4n) is 3.13. The Morgan fingerprint density at radius 1 is 0.885 bits per heavy atom. The van der Waals surface area contributed by atoms with Gasteiger partial charge < -0.3 is 10.4 Å². The Hall–Kier alpha value is -3.40. The number of phenolic OH excluding ortho intramolecular Hbond substituents is 1. The molecule has 4 heteroatoms. The lowest BCUT2D eigenvalue weighted by Crippen LogP contribution is -2.13. The zero-order valence-corrected chi connectivity index (χ0v) is 14.4. The van der Waals surface area contributed by atoms with Crippen LogP contribution < -0.4 is 5.32 Å². The van der Waals surface area contributed by atoms with E-state index in [-0.39, 0.29) is 11.8 Å². The Morgan fingerprint density at radius 3 is 2.54 bits per heavy atom. The molecule has 4 aromatic rings. The summed E-state index contributed by atoms with van der Waals surface area (Å²) in [6.45, 7) is 2.03. The van der Waals surface area contributed by atoms with Gasteiger partial charge in [0.25, 0.3) is 0 Å². The lowest BCUT2D eigenvalue weighted by Gasteiger charge is -2.22. The third-order valence-corrected chi connectivity index (χ3v) is 4.43. The van der Waals surface area contributed by atoms with E-state index in [1.165, 1.54) is 0 Å². The number of fused-ring (bicyclic) bond motifs is 1. The maximum atomic E-state index is 10.9. The number of aryl methyl sites for hydroxylation is 1. The van der Waals surface area contributed by atoms with Gasteiger partial charge >= 0.3 is 0 Å². The van der Waals surface area contributed by atoms with Crippen molar-refractivity contribution in [2.45, 2.75) is 13.0 Å². The number of nitrogens with zero attached hydrogens (tertiary/aromatic N) is 2. The van der Waals surface area contributed by atoms with E-state index in [4.69, 9.17) is 0 Å². The minimum Gasteiger partial charge on any atom is -0.505 e. The Kier molecular flexibility index (Phi) is 4.23.